The lowest BCUT2D eigenvalue weighted by Gasteiger charge is -2.31. The number of aromatic hydroxyl groups is 2. The Kier molecular flexibility index (Phi) is 6.78. The third kappa shape index (κ3) is 5.14. The average molecular weight is 462 g/mol. The predicted octanol–water partition coefficient (Wildman–Crippen LogP) is 4.70. The standard InChI is InChI=1S/C18H16Cl4N4O2/c19-13-5-11(17(27)15(21)7-13)9-23-25-1-2-26(4-3-25)24-10-12-6-14(20)8-16(22)18(12)28/h5-10,27-28H,1-4H2/b23-9-,24-10-. The van der Waals surface area contributed by atoms with Gasteiger partial charge in [-0.1, -0.05) is 46.4 Å². The summed E-state index contributed by atoms with van der Waals surface area (Å²) in [5, 5.41) is 33.6. The largest absolute Gasteiger partial charge is 0.506 e. The number of benzene rings is 2. The normalized spacial score (nSPS) is 15.1. The number of hydrogen-bond acceptors (Lipinski definition) is 6. The van der Waals surface area contributed by atoms with E-state index in [1.807, 2.05) is 10.0 Å². The maximum atomic E-state index is 9.97. The SMILES string of the molecule is Oc1c(Cl)cc(Cl)cc1/C=N\N1CCN(/N=C\c2cc(Cl)cc(Cl)c2O)CC1. The third-order valence-corrected chi connectivity index (χ3v) is 5.08. The van der Waals surface area contributed by atoms with Crippen molar-refractivity contribution in [1.82, 2.24) is 10.0 Å². The first-order valence-electron chi connectivity index (χ1n) is 8.27. The van der Waals surface area contributed by atoms with Gasteiger partial charge in [-0.15, -0.1) is 0 Å². The molecule has 0 aromatic heterocycles. The molecule has 10 heteroatoms. The molecule has 2 aromatic carbocycles. The molecule has 6 nitrogen and oxygen atoms in total. The van der Waals surface area contributed by atoms with Gasteiger partial charge in [0, 0.05) is 21.2 Å². The lowest BCUT2D eigenvalue weighted by Crippen LogP contribution is -2.41. The summed E-state index contributed by atoms with van der Waals surface area (Å²) in [6.45, 7) is 2.52. The molecule has 1 saturated heterocycles. The molecule has 0 bridgehead atoms. The highest BCUT2D eigenvalue weighted by Crippen LogP contribution is 2.31. The van der Waals surface area contributed by atoms with Gasteiger partial charge < -0.3 is 10.2 Å². The monoisotopic (exact) mass is 460 g/mol. The summed E-state index contributed by atoms with van der Waals surface area (Å²) in [5.74, 6) is -0.115. The van der Waals surface area contributed by atoms with Gasteiger partial charge in [0.25, 0.3) is 0 Å². The van der Waals surface area contributed by atoms with Gasteiger partial charge in [-0.2, -0.15) is 10.2 Å². The van der Waals surface area contributed by atoms with Crippen molar-refractivity contribution in [3.63, 3.8) is 0 Å². The lowest BCUT2D eigenvalue weighted by atomic mass is 10.2. The Balaban J connectivity index is 1.59. The fourth-order valence-corrected chi connectivity index (χ4v) is 3.59. The van der Waals surface area contributed by atoms with Gasteiger partial charge in [-0.25, -0.2) is 0 Å². The molecule has 0 saturated carbocycles. The van der Waals surface area contributed by atoms with Gasteiger partial charge in [-0.05, 0) is 24.3 Å². The molecule has 2 aromatic rings. The molecular weight excluding hydrogens is 446 g/mol. The number of rotatable bonds is 4. The number of nitrogens with zero attached hydrogens (tertiary/aromatic N) is 4. The third-order valence-electron chi connectivity index (χ3n) is 4.07. The van der Waals surface area contributed by atoms with E-state index in [2.05, 4.69) is 10.2 Å². The van der Waals surface area contributed by atoms with Gasteiger partial charge >= 0.3 is 0 Å². The Labute approximate surface area is 182 Å². The first-order valence-corrected chi connectivity index (χ1v) is 9.78. The molecule has 1 aliphatic rings. The van der Waals surface area contributed by atoms with Gasteiger partial charge in [0.1, 0.15) is 11.5 Å². The van der Waals surface area contributed by atoms with Crippen LogP contribution in [0.3, 0.4) is 0 Å². The summed E-state index contributed by atoms with van der Waals surface area (Å²) < 4.78 is 0. The number of phenolic OH excluding ortho intramolecular Hbond substituents is 2. The van der Waals surface area contributed by atoms with Crippen LogP contribution in [-0.2, 0) is 0 Å². The lowest BCUT2D eigenvalue weighted by molar-refractivity contribution is 0.141. The van der Waals surface area contributed by atoms with Crippen molar-refractivity contribution in [3.8, 4) is 11.5 Å². The first-order chi connectivity index (χ1) is 13.3. The van der Waals surface area contributed by atoms with Crippen LogP contribution < -0.4 is 0 Å². The molecule has 148 valence electrons. The van der Waals surface area contributed by atoms with Gasteiger partial charge in [0.05, 0.1) is 48.7 Å². The molecule has 28 heavy (non-hydrogen) atoms. The smallest absolute Gasteiger partial charge is 0.143 e. The number of hydrogen-bond donors (Lipinski definition) is 2. The highest BCUT2D eigenvalue weighted by atomic mass is 35.5. The summed E-state index contributed by atoms with van der Waals surface area (Å²) in [6, 6.07) is 6.12. The quantitative estimate of drug-likeness (QED) is 0.647. The van der Waals surface area contributed by atoms with E-state index in [1.54, 1.807) is 12.1 Å². The molecule has 0 spiro atoms. The zero-order valence-corrected chi connectivity index (χ0v) is 17.5. The van der Waals surface area contributed by atoms with E-state index in [0.717, 1.165) is 0 Å². The van der Waals surface area contributed by atoms with E-state index in [0.29, 0.717) is 47.4 Å². The van der Waals surface area contributed by atoms with Crippen molar-refractivity contribution in [2.24, 2.45) is 10.2 Å². The molecule has 2 N–H and O–H groups in total. The van der Waals surface area contributed by atoms with Gasteiger partial charge in [0.2, 0.25) is 0 Å². The Hall–Kier alpha value is -1.86. The minimum Gasteiger partial charge on any atom is -0.506 e. The fraction of sp³-hybridized carbons (Fsp3) is 0.222. The molecule has 0 unspecified atom stereocenters. The van der Waals surface area contributed by atoms with Crippen LogP contribution in [0.5, 0.6) is 11.5 Å². The average Bonchev–Trinajstić information content (AvgIpc) is 2.66. The van der Waals surface area contributed by atoms with Crippen LogP contribution >= 0.6 is 46.4 Å². The van der Waals surface area contributed by atoms with Crippen LogP contribution in [0.1, 0.15) is 11.1 Å². The summed E-state index contributed by atoms with van der Waals surface area (Å²) in [7, 11) is 0. The summed E-state index contributed by atoms with van der Waals surface area (Å²) >= 11 is 23.7. The number of phenols is 2. The van der Waals surface area contributed by atoms with Crippen LogP contribution in [0.4, 0.5) is 0 Å². The highest BCUT2D eigenvalue weighted by molar-refractivity contribution is 6.36. The molecule has 0 radical (unpaired) electrons. The molecule has 1 fully saturated rings. The van der Waals surface area contributed by atoms with Crippen LogP contribution in [0.2, 0.25) is 20.1 Å². The Morgan fingerprint density at radius 2 is 1.04 bits per heavy atom. The second-order valence-electron chi connectivity index (χ2n) is 6.05. The predicted molar refractivity (Wildman–Crippen MR) is 115 cm³/mol. The van der Waals surface area contributed by atoms with Crippen molar-refractivity contribution in [3.05, 3.63) is 55.5 Å². The molecule has 0 aliphatic carbocycles. The molecule has 0 atom stereocenters. The highest BCUT2D eigenvalue weighted by Gasteiger charge is 2.14. The Morgan fingerprint density at radius 1 is 0.679 bits per heavy atom. The van der Waals surface area contributed by atoms with E-state index >= 15 is 0 Å². The van der Waals surface area contributed by atoms with Crippen LogP contribution in [0.25, 0.3) is 0 Å². The second-order valence-corrected chi connectivity index (χ2v) is 7.73. The summed E-state index contributed by atoms with van der Waals surface area (Å²) in [5.41, 5.74) is 0.900. The zero-order valence-electron chi connectivity index (χ0n) is 14.5. The zero-order chi connectivity index (χ0) is 20.3. The van der Waals surface area contributed by atoms with E-state index < -0.39 is 0 Å². The fourth-order valence-electron chi connectivity index (χ4n) is 2.57. The topological polar surface area (TPSA) is 71.7 Å². The van der Waals surface area contributed by atoms with Crippen molar-refractivity contribution >= 4 is 58.8 Å². The van der Waals surface area contributed by atoms with Crippen LogP contribution in [0.15, 0.2) is 34.5 Å². The summed E-state index contributed by atoms with van der Waals surface area (Å²) in [4.78, 5) is 0. The molecule has 0 amide bonds. The number of hydrazone groups is 2. The van der Waals surface area contributed by atoms with Crippen molar-refractivity contribution < 1.29 is 10.2 Å². The minimum absolute atomic E-state index is 0.0574. The van der Waals surface area contributed by atoms with Gasteiger partial charge in [-0.3, -0.25) is 10.0 Å². The van der Waals surface area contributed by atoms with E-state index in [9.17, 15) is 10.2 Å². The summed E-state index contributed by atoms with van der Waals surface area (Å²) in [6.07, 6.45) is 3.05. The number of halogens is 4. The Morgan fingerprint density at radius 3 is 1.39 bits per heavy atom. The number of piperazine rings is 1. The maximum Gasteiger partial charge on any atom is 0.143 e. The van der Waals surface area contributed by atoms with E-state index in [1.165, 1.54) is 24.6 Å². The molecule has 3 rings (SSSR count). The Bertz CT molecular complexity index is 853. The van der Waals surface area contributed by atoms with E-state index in [-0.39, 0.29) is 21.5 Å². The van der Waals surface area contributed by atoms with Crippen LogP contribution in [-0.4, -0.2) is 58.8 Å². The van der Waals surface area contributed by atoms with Gasteiger partial charge in [0.15, 0.2) is 0 Å². The molecule has 1 heterocycles. The van der Waals surface area contributed by atoms with Crippen molar-refractivity contribution in [2.45, 2.75) is 0 Å². The first kappa shape index (κ1) is 20.9. The minimum atomic E-state index is -0.0574. The molecule has 1 aliphatic heterocycles. The second kappa shape index (κ2) is 9.09. The maximum absolute atomic E-state index is 9.97. The molecular formula is C18H16Cl4N4O2. The van der Waals surface area contributed by atoms with Crippen LogP contribution in [0, 0.1) is 0 Å². The van der Waals surface area contributed by atoms with Crippen molar-refractivity contribution in [1.29, 1.82) is 0 Å². The van der Waals surface area contributed by atoms with Crippen molar-refractivity contribution in [2.75, 3.05) is 26.2 Å². The van der Waals surface area contributed by atoms with E-state index in [4.69, 9.17) is 46.4 Å².